The summed E-state index contributed by atoms with van der Waals surface area (Å²) in [7, 11) is 0. The maximum Gasteiger partial charge on any atom is 0.186 e. The first kappa shape index (κ1) is 21.5. The predicted molar refractivity (Wildman–Crippen MR) is 130 cm³/mol. The molecule has 3 N–H and O–H groups in total. The van der Waals surface area contributed by atoms with Gasteiger partial charge >= 0.3 is 0 Å². The number of nitrogens with two attached hydrogens (primary N) is 1. The van der Waals surface area contributed by atoms with Gasteiger partial charge in [-0.1, -0.05) is 11.2 Å². The number of thiazole rings is 1. The number of pyridine rings is 1. The summed E-state index contributed by atoms with van der Waals surface area (Å²) in [5, 5.41) is 18.8. The van der Waals surface area contributed by atoms with Crippen molar-refractivity contribution in [3.8, 4) is 11.1 Å². The van der Waals surface area contributed by atoms with E-state index in [0.29, 0.717) is 39.3 Å². The summed E-state index contributed by atoms with van der Waals surface area (Å²) in [4.78, 5) is 13.9. The molecule has 0 aliphatic heterocycles. The molecule has 3 heterocycles. The van der Waals surface area contributed by atoms with E-state index in [0.717, 1.165) is 35.4 Å². The third kappa shape index (κ3) is 3.75. The summed E-state index contributed by atoms with van der Waals surface area (Å²) in [6, 6.07) is 9.24. The summed E-state index contributed by atoms with van der Waals surface area (Å²) >= 11 is 1.36. The van der Waals surface area contributed by atoms with Crippen molar-refractivity contribution < 1.29 is 9.63 Å². The zero-order chi connectivity index (χ0) is 23.2. The van der Waals surface area contributed by atoms with Gasteiger partial charge in [-0.25, -0.2) is 4.98 Å². The summed E-state index contributed by atoms with van der Waals surface area (Å²) in [6.45, 7) is 5.77. The van der Waals surface area contributed by atoms with Crippen LogP contribution in [0.3, 0.4) is 0 Å². The van der Waals surface area contributed by atoms with E-state index in [9.17, 15) is 5.11 Å². The van der Waals surface area contributed by atoms with Crippen LogP contribution in [-0.4, -0.2) is 25.9 Å². The summed E-state index contributed by atoms with van der Waals surface area (Å²) in [6.07, 6.45) is 5.58. The van der Waals surface area contributed by atoms with Crippen molar-refractivity contribution in [2.24, 2.45) is 10.9 Å². The van der Waals surface area contributed by atoms with E-state index >= 15 is 0 Å². The number of aromatic nitrogens is 3. The molecule has 7 nitrogen and oxygen atoms in total. The molecule has 33 heavy (non-hydrogen) atoms. The largest absolute Gasteiger partial charge is 0.397 e. The van der Waals surface area contributed by atoms with Gasteiger partial charge in [0.05, 0.1) is 22.8 Å². The molecule has 1 aliphatic carbocycles. The van der Waals surface area contributed by atoms with E-state index < -0.39 is 5.60 Å². The fraction of sp³-hybridized carbons (Fsp3) is 0.280. The highest BCUT2D eigenvalue weighted by atomic mass is 32.1. The number of rotatable bonds is 6. The minimum absolute atomic E-state index is 0.454. The molecule has 0 bridgehead atoms. The second kappa shape index (κ2) is 8.20. The van der Waals surface area contributed by atoms with E-state index in [1.165, 1.54) is 11.3 Å². The van der Waals surface area contributed by atoms with Crippen LogP contribution in [0.2, 0.25) is 0 Å². The number of aliphatic imine (C=N–C) groups is 1. The molecule has 1 aliphatic rings. The van der Waals surface area contributed by atoms with Gasteiger partial charge in [0, 0.05) is 34.6 Å². The fourth-order valence-electron chi connectivity index (χ4n) is 4.21. The lowest BCUT2D eigenvalue weighted by molar-refractivity contribution is 0.121. The van der Waals surface area contributed by atoms with Crippen molar-refractivity contribution >= 4 is 28.4 Å². The standard InChI is InChI=1S/C25H25N5O2S/c1-14(17-7-8-17)29-23-19(12-18(13-20(23)26)22-15(2)30-32-16(22)3)25(31,24-28-10-11-33-24)21-6-4-5-9-27-21/h4-6,9-13,17,31H,7-8,26H2,1-3H3. The first-order valence-electron chi connectivity index (χ1n) is 10.9. The molecule has 168 valence electrons. The number of aryl methyl sites for hydroxylation is 2. The van der Waals surface area contributed by atoms with Crippen molar-refractivity contribution in [2.45, 2.75) is 39.2 Å². The smallest absolute Gasteiger partial charge is 0.186 e. The summed E-state index contributed by atoms with van der Waals surface area (Å²) < 4.78 is 5.40. The molecule has 1 atom stereocenters. The van der Waals surface area contributed by atoms with E-state index in [4.69, 9.17) is 15.2 Å². The van der Waals surface area contributed by atoms with Crippen molar-refractivity contribution in [3.63, 3.8) is 0 Å². The third-order valence-electron chi connectivity index (χ3n) is 6.08. The minimum atomic E-state index is -1.64. The van der Waals surface area contributed by atoms with Gasteiger partial charge < -0.3 is 15.4 Å². The molecule has 0 spiro atoms. The Hall–Kier alpha value is -3.36. The number of nitrogen functional groups attached to an aromatic ring is 1. The lowest BCUT2D eigenvalue weighted by Crippen LogP contribution is -2.30. The topological polar surface area (TPSA) is 110 Å². The van der Waals surface area contributed by atoms with Crippen LogP contribution in [0, 0.1) is 19.8 Å². The SMILES string of the molecule is CC(=Nc1c(N)cc(-c2c(C)noc2C)cc1C(O)(c1ccccn1)c1nccs1)C1CC1. The Balaban J connectivity index is 1.83. The average molecular weight is 460 g/mol. The van der Waals surface area contributed by atoms with Gasteiger partial charge in [-0.3, -0.25) is 9.98 Å². The van der Waals surface area contributed by atoms with Crippen LogP contribution in [0.15, 0.2) is 57.6 Å². The second-order valence-electron chi connectivity index (χ2n) is 8.45. The minimum Gasteiger partial charge on any atom is -0.397 e. The Morgan fingerprint density at radius 2 is 2.03 bits per heavy atom. The molecular weight excluding hydrogens is 434 g/mol. The normalized spacial score (nSPS) is 16.1. The summed E-state index contributed by atoms with van der Waals surface area (Å²) in [5.74, 6) is 1.14. The van der Waals surface area contributed by atoms with Crippen molar-refractivity contribution in [1.82, 2.24) is 15.1 Å². The second-order valence-corrected chi connectivity index (χ2v) is 9.35. The number of aliphatic hydroxyl groups is 1. The van der Waals surface area contributed by atoms with Crippen molar-refractivity contribution in [1.29, 1.82) is 0 Å². The lowest BCUT2D eigenvalue weighted by atomic mass is 9.86. The van der Waals surface area contributed by atoms with E-state index in [-0.39, 0.29) is 0 Å². The maximum absolute atomic E-state index is 12.4. The Morgan fingerprint density at radius 3 is 2.64 bits per heavy atom. The Labute approximate surface area is 196 Å². The number of hydrogen-bond acceptors (Lipinski definition) is 8. The Bertz CT molecular complexity index is 1310. The molecule has 0 saturated heterocycles. The molecule has 1 unspecified atom stereocenters. The quantitative estimate of drug-likeness (QED) is 0.304. The molecule has 1 saturated carbocycles. The monoisotopic (exact) mass is 459 g/mol. The number of hydrogen-bond donors (Lipinski definition) is 2. The maximum atomic E-state index is 12.4. The Morgan fingerprint density at radius 1 is 1.21 bits per heavy atom. The molecule has 8 heteroatoms. The van der Waals surface area contributed by atoms with E-state index in [2.05, 4.69) is 15.1 Å². The summed E-state index contributed by atoms with van der Waals surface area (Å²) in [5.41, 5.74) is 10.4. The van der Waals surface area contributed by atoms with Crippen molar-refractivity contribution in [3.05, 3.63) is 75.8 Å². The van der Waals surface area contributed by atoms with Crippen molar-refractivity contribution in [2.75, 3.05) is 5.73 Å². The van der Waals surface area contributed by atoms with Gasteiger partial charge in [0.2, 0.25) is 0 Å². The van der Waals surface area contributed by atoms with Crippen LogP contribution < -0.4 is 5.73 Å². The highest BCUT2D eigenvalue weighted by molar-refractivity contribution is 7.09. The highest BCUT2D eigenvalue weighted by Crippen LogP contribution is 2.47. The Kier molecular flexibility index (Phi) is 5.34. The van der Waals surface area contributed by atoms with E-state index in [1.54, 1.807) is 18.5 Å². The molecule has 1 aromatic carbocycles. The van der Waals surface area contributed by atoms with Gasteiger partial charge in [-0.2, -0.15) is 0 Å². The van der Waals surface area contributed by atoms with Crippen LogP contribution in [0.4, 0.5) is 11.4 Å². The highest BCUT2D eigenvalue weighted by Gasteiger charge is 2.41. The molecule has 5 rings (SSSR count). The number of benzene rings is 1. The first-order chi connectivity index (χ1) is 15.9. The molecule has 0 amide bonds. The number of anilines is 1. The van der Waals surface area contributed by atoms with Gasteiger partial charge in [0.1, 0.15) is 10.8 Å². The van der Waals surface area contributed by atoms with Gasteiger partial charge in [0.15, 0.2) is 5.60 Å². The van der Waals surface area contributed by atoms with Crippen LogP contribution in [0.25, 0.3) is 11.1 Å². The number of nitrogens with zero attached hydrogens (tertiary/aromatic N) is 4. The van der Waals surface area contributed by atoms with Crippen LogP contribution in [-0.2, 0) is 5.60 Å². The zero-order valence-electron chi connectivity index (χ0n) is 18.7. The first-order valence-corrected chi connectivity index (χ1v) is 11.7. The van der Waals surface area contributed by atoms with E-state index in [1.807, 2.05) is 50.4 Å². The van der Waals surface area contributed by atoms with Crippen LogP contribution in [0.5, 0.6) is 0 Å². The average Bonchev–Trinajstić information content (AvgIpc) is 3.41. The molecular formula is C25H25N5O2S. The molecule has 4 aromatic rings. The van der Waals surface area contributed by atoms with Gasteiger partial charge in [0.25, 0.3) is 0 Å². The molecule has 1 fully saturated rings. The molecule has 3 aromatic heterocycles. The third-order valence-corrected chi connectivity index (χ3v) is 6.97. The fourth-order valence-corrected chi connectivity index (χ4v) is 4.96. The lowest BCUT2D eigenvalue weighted by Gasteiger charge is -2.28. The predicted octanol–water partition coefficient (Wildman–Crippen LogP) is 5.18. The van der Waals surface area contributed by atoms with Crippen LogP contribution >= 0.6 is 11.3 Å². The van der Waals surface area contributed by atoms with Gasteiger partial charge in [-0.15, -0.1) is 11.3 Å². The van der Waals surface area contributed by atoms with Gasteiger partial charge in [-0.05, 0) is 69.4 Å². The van der Waals surface area contributed by atoms with Crippen LogP contribution in [0.1, 0.15) is 47.5 Å². The zero-order valence-corrected chi connectivity index (χ0v) is 19.6. The molecule has 0 radical (unpaired) electrons.